The van der Waals surface area contributed by atoms with Crippen LogP contribution in [0.5, 0.6) is 0 Å². The smallest absolute Gasteiger partial charge is 0.462 e. The molecule has 620 valence electrons. The van der Waals surface area contributed by atoms with Crippen LogP contribution in [0.15, 0.2) is 134 Å². The third kappa shape index (κ3) is 79.3. The normalized spacial score (nSPS) is 14.5. The highest BCUT2D eigenvalue weighted by atomic mass is 31.2. The summed E-state index contributed by atoms with van der Waals surface area (Å²) in [5, 5.41) is 10.7. The molecule has 0 saturated carbocycles. The van der Waals surface area contributed by atoms with Crippen LogP contribution in [0.2, 0.25) is 0 Å². The van der Waals surface area contributed by atoms with E-state index < -0.39 is 97.5 Å². The minimum Gasteiger partial charge on any atom is -0.462 e. The number of unbranched alkanes of at least 4 members (excludes halogenated alkanes) is 31. The van der Waals surface area contributed by atoms with Gasteiger partial charge in [-0.2, -0.15) is 0 Å². The van der Waals surface area contributed by atoms with Gasteiger partial charge < -0.3 is 33.8 Å². The zero-order valence-corrected chi connectivity index (χ0v) is 69.8. The van der Waals surface area contributed by atoms with Gasteiger partial charge >= 0.3 is 39.5 Å². The predicted octanol–water partition coefficient (Wildman–Crippen LogP) is 25.2. The first-order valence-electron chi connectivity index (χ1n) is 42.4. The number of phosphoric acid groups is 2. The van der Waals surface area contributed by atoms with Crippen LogP contribution in [-0.4, -0.2) is 96.7 Å². The van der Waals surface area contributed by atoms with Gasteiger partial charge in [0, 0.05) is 25.7 Å². The van der Waals surface area contributed by atoms with Crippen molar-refractivity contribution >= 4 is 39.5 Å². The minimum atomic E-state index is -5.01. The highest BCUT2D eigenvalue weighted by Crippen LogP contribution is 2.45. The zero-order valence-electron chi connectivity index (χ0n) is 68.0. The van der Waals surface area contributed by atoms with Gasteiger partial charge in [0.25, 0.3) is 0 Å². The van der Waals surface area contributed by atoms with Crippen LogP contribution < -0.4 is 0 Å². The van der Waals surface area contributed by atoms with Crippen molar-refractivity contribution in [1.29, 1.82) is 0 Å². The van der Waals surface area contributed by atoms with E-state index in [1.54, 1.807) is 0 Å². The van der Waals surface area contributed by atoms with Gasteiger partial charge in [-0.3, -0.25) is 37.3 Å². The molecule has 108 heavy (non-hydrogen) atoms. The number of esters is 4. The van der Waals surface area contributed by atoms with E-state index in [9.17, 15) is 43.2 Å². The number of carbonyl (C=O) groups excluding carboxylic acids is 4. The molecule has 2 unspecified atom stereocenters. The molecule has 3 N–H and O–H groups in total. The predicted molar refractivity (Wildman–Crippen MR) is 445 cm³/mol. The molecular weight excluding hydrogens is 1400 g/mol. The van der Waals surface area contributed by atoms with Crippen LogP contribution in [0, 0.1) is 0 Å². The number of aliphatic hydroxyl groups is 1. The van der Waals surface area contributed by atoms with E-state index in [4.69, 9.17) is 37.0 Å². The number of aliphatic hydroxyl groups excluding tert-OH is 1. The molecule has 0 aliphatic heterocycles. The molecule has 0 aromatic heterocycles. The average molecular weight is 1560 g/mol. The first-order valence-corrected chi connectivity index (χ1v) is 45.4. The molecule has 5 atom stereocenters. The summed E-state index contributed by atoms with van der Waals surface area (Å²) in [4.78, 5) is 73.2. The van der Waals surface area contributed by atoms with Crippen molar-refractivity contribution in [2.24, 2.45) is 0 Å². The quantitative estimate of drug-likeness (QED) is 0.0169. The van der Waals surface area contributed by atoms with Gasteiger partial charge in [0.15, 0.2) is 12.2 Å². The van der Waals surface area contributed by atoms with Gasteiger partial charge in [-0.15, -0.1) is 0 Å². The molecule has 19 heteroatoms. The SMILES string of the molecule is CC/C=C\C/C=C\C/C=C\C/C=C\C/C=C\C/C=C\CCC(=O)O[C@H](COC(=O)CCCCC/C=C\C/C=C\C/C=C\C/C=C\C/C=C\CC)COP(=O)(O)OC[C@@H](O)COP(=O)(O)OC[C@@H](COC(=O)CCCCCCCCCCCCCCCCC)OC(=O)CCCCCCCCCCCCCCCCC. The number of hydrogen-bond acceptors (Lipinski definition) is 15. The summed E-state index contributed by atoms with van der Waals surface area (Å²) < 4.78 is 68.7. The summed E-state index contributed by atoms with van der Waals surface area (Å²) in [5.41, 5.74) is 0. The van der Waals surface area contributed by atoms with Gasteiger partial charge in [-0.25, -0.2) is 9.13 Å². The van der Waals surface area contributed by atoms with Crippen molar-refractivity contribution < 1.29 is 80.2 Å². The maximum absolute atomic E-state index is 13.1. The van der Waals surface area contributed by atoms with Gasteiger partial charge in [0.2, 0.25) is 0 Å². The number of allylic oxidation sites excluding steroid dienone is 22. The Labute approximate surface area is 656 Å². The Morgan fingerprint density at radius 2 is 0.500 bits per heavy atom. The Balaban J connectivity index is 5.46. The standard InChI is InChI=1S/C89H152O17P2/c1-5-9-13-17-21-25-29-33-37-39-41-43-47-50-54-58-62-66-70-74-87(92)100-80-85(106-89(94)76-72-68-64-60-56-52-48-44-42-40-38-34-30-26-22-18-14-10-6-2)82-104-108(97,98)102-78-83(90)77-101-107(95,96)103-81-84(105-88(93)75-71-67-63-59-55-51-46-36-32-28-24-20-16-12-8-4)79-99-86(91)73-69-65-61-57-53-49-45-35-31-27-23-19-15-11-7-3/h9-10,13-14,21-22,25-26,33-34,37-38,41-44,50,52,54,56,64,68,83-85,90H,5-8,11-12,15-20,23-24,27-32,35-36,39-40,45-49,51,53,55,57-63,65-67,69-82H2,1-4H3,(H,95,96)(H,97,98)/b13-9-,14-10-,25-21-,26-22-,37-33-,38-34-,43-41-,44-42-,54-50-,56-52-,68-64-/t83-,84+,85+/m0/s1. The summed E-state index contributed by atoms with van der Waals surface area (Å²) in [7, 11) is -10.00. The Morgan fingerprint density at radius 1 is 0.269 bits per heavy atom. The highest BCUT2D eigenvalue weighted by molar-refractivity contribution is 7.47. The molecule has 0 bridgehead atoms. The molecular formula is C89H152O17P2. The van der Waals surface area contributed by atoms with Gasteiger partial charge in [-0.1, -0.05) is 348 Å². The lowest BCUT2D eigenvalue weighted by Gasteiger charge is -2.21. The van der Waals surface area contributed by atoms with Crippen molar-refractivity contribution in [2.45, 2.75) is 367 Å². The van der Waals surface area contributed by atoms with Crippen molar-refractivity contribution in [1.82, 2.24) is 0 Å². The van der Waals surface area contributed by atoms with Crippen LogP contribution in [0.3, 0.4) is 0 Å². The first kappa shape index (κ1) is 103. The Kier molecular flexibility index (Phi) is 76.7. The Hall–Kier alpha value is -4.80. The fourth-order valence-corrected chi connectivity index (χ4v) is 12.9. The van der Waals surface area contributed by atoms with E-state index in [2.05, 4.69) is 143 Å². The second kappa shape index (κ2) is 80.3. The fraction of sp³-hybridized carbons (Fsp3) is 0.708. The summed E-state index contributed by atoms with van der Waals surface area (Å²) in [5.74, 6) is -2.29. The van der Waals surface area contributed by atoms with Gasteiger partial charge in [0.05, 0.1) is 26.4 Å². The number of phosphoric ester groups is 2. The third-order valence-electron chi connectivity index (χ3n) is 17.7. The van der Waals surface area contributed by atoms with Crippen molar-refractivity contribution in [3.8, 4) is 0 Å². The second-order valence-electron chi connectivity index (χ2n) is 28.0. The van der Waals surface area contributed by atoms with Gasteiger partial charge in [-0.05, 0) is 109 Å². The molecule has 0 heterocycles. The Bertz CT molecular complexity index is 2560. The molecule has 0 fully saturated rings. The maximum Gasteiger partial charge on any atom is 0.472 e. The third-order valence-corrected chi connectivity index (χ3v) is 19.6. The second-order valence-corrected chi connectivity index (χ2v) is 30.9. The summed E-state index contributed by atoms with van der Waals surface area (Å²) in [6, 6.07) is 0. The number of hydrogen-bond donors (Lipinski definition) is 3. The maximum atomic E-state index is 13.1. The molecule has 0 aromatic carbocycles. The van der Waals surface area contributed by atoms with E-state index in [1.807, 2.05) is 18.2 Å². The molecule has 0 aliphatic rings. The van der Waals surface area contributed by atoms with E-state index in [0.29, 0.717) is 32.1 Å². The zero-order chi connectivity index (χ0) is 78.9. The minimum absolute atomic E-state index is 0.0408. The molecule has 0 amide bonds. The van der Waals surface area contributed by atoms with Crippen LogP contribution in [0.4, 0.5) is 0 Å². The summed E-state index contributed by atoms with van der Waals surface area (Å²) >= 11 is 0. The molecule has 0 radical (unpaired) electrons. The van der Waals surface area contributed by atoms with Crippen LogP contribution in [0.25, 0.3) is 0 Å². The van der Waals surface area contributed by atoms with Crippen molar-refractivity contribution in [3.05, 3.63) is 134 Å². The topological polar surface area (TPSA) is 237 Å². The van der Waals surface area contributed by atoms with Crippen LogP contribution >= 0.6 is 15.6 Å². The van der Waals surface area contributed by atoms with Crippen molar-refractivity contribution in [3.63, 3.8) is 0 Å². The average Bonchev–Trinajstić information content (AvgIpc) is 0.900. The largest absolute Gasteiger partial charge is 0.472 e. The fourth-order valence-electron chi connectivity index (χ4n) is 11.3. The Morgan fingerprint density at radius 3 is 0.796 bits per heavy atom. The lowest BCUT2D eigenvalue weighted by Crippen LogP contribution is -2.30. The highest BCUT2D eigenvalue weighted by Gasteiger charge is 2.30. The van der Waals surface area contributed by atoms with Gasteiger partial charge in [0.1, 0.15) is 19.3 Å². The lowest BCUT2D eigenvalue weighted by atomic mass is 10.0. The van der Waals surface area contributed by atoms with E-state index in [0.717, 1.165) is 128 Å². The number of carbonyl (C=O) groups is 4. The van der Waals surface area contributed by atoms with E-state index in [1.165, 1.54) is 135 Å². The lowest BCUT2D eigenvalue weighted by molar-refractivity contribution is -0.161. The van der Waals surface area contributed by atoms with Crippen LogP contribution in [-0.2, 0) is 65.4 Å². The molecule has 0 saturated heterocycles. The summed E-state index contributed by atoms with van der Waals surface area (Å²) in [6.45, 7) is 4.58. The molecule has 0 aliphatic carbocycles. The molecule has 0 aromatic rings. The van der Waals surface area contributed by atoms with Crippen molar-refractivity contribution in [2.75, 3.05) is 39.6 Å². The summed E-state index contributed by atoms with van der Waals surface area (Å²) in [6.07, 6.45) is 91.5. The molecule has 17 nitrogen and oxygen atoms in total. The molecule has 0 spiro atoms. The molecule has 0 rings (SSSR count). The first-order chi connectivity index (χ1) is 52.7. The van der Waals surface area contributed by atoms with E-state index in [-0.39, 0.29) is 25.7 Å². The number of rotatable bonds is 79. The van der Waals surface area contributed by atoms with E-state index >= 15 is 0 Å². The van der Waals surface area contributed by atoms with Crippen LogP contribution in [0.1, 0.15) is 349 Å². The number of ether oxygens (including phenoxy) is 4. The monoisotopic (exact) mass is 1560 g/mol.